The van der Waals surface area contributed by atoms with Gasteiger partial charge in [-0.3, -0.25) is 4.98 Å². The Bertz CT molecular complexity index is 811. The number of hydrogen-bond acceptors (Lipinski definition) is 4. The zero-order chi connectivity index (χ0) is 15.9. The molecule has 1 aromatic heterocycles. The van der Waals surface area contributed by atoms with Gasteiger partial charge in [-0.05, 0) is 42.5 Å². The highest BCUT2D eigenvalue weighted by atomic mass is 32.2. The molecule has 3 aromatic rings. The van der Waals surface area contributed by atoms with E-state index >= 15 is 0 Å². The van der Waals surface area contributed by atoms with Gasteiger partial charge >= 0.3 is 0 Å². The quantitative estimate of drug-likeness (QED) is 0.618. The molecule has 0 saturated heterocycles. The van der Waals surface area contributed by atoms with Crippen molar-refractivity contribution in [2.24, 2.45) is 0 Å². The third-order valence-electron chi connectivity index (χ3n) is 3.21. The van der Waals surface area contributed by atoms with Crippen LogP contribution in [0.15, 0.2) is 78.0 Å². The molecule has 0 N–H and O–H groups in total. The van der Waals surface area contributed by atoms with E-state index in [0.717, 1.165) is 27.7 Å². The van der Waals surface area contributed by atoms with Crippen LogP contribution in [0, 0.1) is 11.3 Å². The molecule has 0 aliphatic carbocycles. The van der Waals surface area contributed by atoms with Crippen LogP contribution in [0.2, 0.25) is 0 Å². The smallest absolute Gasteiger partial charge is 0.145 e. The van der Waals surface area contributed by atoms with E-state index in [4.69, 9.17) is 10.00 Å². The summed E-state index contributed by atoms with van der Waals surface area (Å²) >= 11 is 1.71. The summed E-state index contributed by atoms with van der Waals surface area (Å²) in [7, 11) is 0. The molecular weight excluding hydrogens is 304 g/mol. The van der Waals surface area contributed by atoms with Gasteiger partial charge in [0.1, 0.15) is 11.5 Å². The average Bonchev–Trinajstić information content (AvgIpc) is 2.62. The zero-order valence-corrected chi connectivity index (χ0v) is 13.2. The largest absolute Gasteiger partial charge is 0.455 e. The monoisotopic (exact) mass is 318 g/mol. The van der Waals surface area contributed by atoms with Crippen LogP contribution in [0.3, 0.4) is 0 Å². The average molecular weight is 318 g/mol. The Morgan fingerprint density at radius 1 is 1.00 bits per heavy atom. The Labute approximate surface area is 139 Å². The van der Waals surface area contributed by atoms with Gasteiger partial charge in [0.2, 0.25) is 0 Å². The van der Waals surface area contributed by atoms with Gasteiger partial charge in [-0.25, -0.2) is 0 Å². The summed E-state index contributed by atoms with van der Waals surface area (Å²) in [6, 6.07) is 21.4. The molecule has 4 heteroatoms. The lowest BCUT2D eigenvalue weighted by Gasteiger charge is -2.10. The van der Waals surface area contributed by atoms with Crippen LogP contribution in [0.1, 0.15) is 11.1 Å². The molecule has 0 unspecified atom stereocenters. The number of nitrogens with zero attached hydrogens (tertiary/aromatic N) is 2. The van der Waals surface area contributed by atoms with Gasteiger partial charge in [0.05, 0.1) is 17.8 Å². The van der Waals surface area contributed by atoms with E-state index in [2.05, 4.69) is 17.1 Å². The van der Waals surface area contributed by atoms with E-state index < -0.39 is 0 Å². The van der Waals surface area contributed by atoms with E-state index in [1.807, 2.05) is 54.6 Å². The molecule has 23 heavy (non-hydrogen) atoms. The van der Waals surface area contributed by atoms with Crippen molar-refractivity contribution in [2.45, 2.75) is 10.6 Å². The molecule has 0 bridgehead atoms. The Kier molecular flexibility index (Phi) is 4.92. The highest BCUT2D eigenvalue weighted by Crippen LogP contribution is 2.30. The zero-order valence-electron chi connectivity index (χ0n) is 12.3. The fraction of sp³-hybridized carbons (Fsp3) is 0.0526. The van der Waals surface area contributed by atoms with E-state index in [1.54, 1.807) is 24.2 Å². The Morgan fingerprint density at radius 3 is 2.57 bits per heavy atom. The van der Waals surface area contributed by atoms with Gasteiger partial charge in [-0.15, -0.1) is 11.8 Å². The van der Waals surface area contributed by atoms with Crippen molar-refractivity contribution in [2.75, 3.05) is 0 Å². The number of ether oxygens (including phenoxy) is 1. The molecular formula is C19H14N2OS. The van der Waals surface area contributed by atoms with Crippen LogP contribution in [0.25, 0.3) is 0 Å². The third-order valence-corrected chi connectivity index (χ3v) is 4.27. The van der Waals surface area contributed by atoms with Crippen molar-refractivity contribution >= 4 is 11.8 Å². The number of hydrogen-bond donors (Lipinski definition) is 0. The first-order valence-corrected chi connectivity index (χ1v) is 8.12. The minimum absolute atomic E-state index is 0.676. The SMILES string of the molecule is N#Cc1ccc(SCc2ccccc2Oc2cccnc2)cc1. The topological polar surface area (TPSA) is 45.9 Å². The summed E-state index contributed by atoms with van der Waals surface area (Å²) in [5.41, 5.74) is 1.79. The lowest BCUT2D eigenvalue weighted by atomic mass is 10.2. The van der Waals surface area contributed by atoms with Crippen LogP contribution < -0.4 is 4.74 Å². The summed E-state index contributed by atoms with van der Waals surface area (Å²) in [6.07, 6.45) is 3.42. The Hall–Kier alpha value is -2.77. The molecule has 0 atom stereocenters. The first-order chi connectivity index (χ1) is 11.3. The second kappa shape index (κ2) is 7.48. The van der Waals surface area contributed by atoms with Crippen molar-refractivity contribution in [3.63, 3.8) is 0 Å². The molecule has 0 fully saturated rings. The van der Waals surface area contributed by atoms with Gasteiger partial charge in [0, 0.05) is 22.4 Å². The number of benzene rings is 2. The number of aromatic nitrogens is 1. The van der Waals surface area contributed by atoms with Crippen molar-refractivity contribution in [3.05, 3.63) is 84.2 Å². The fourth-order valence-corrected chi connectivity index (χ4v) is 2.93. The van der Waals surface area contributed by atoms with Crippen LogP contribution in [0.5, 0.6) is 11.5 Å². The minimum atomic E-state index is 0.676. The van der Waals surface area contributed by atoms with E-state index in [0.29, 0.717) is 5.56 Å². The molecule has 0 saturated carbocycles. The first-order valence-electron chi connectivity index (χ1n) is 7.14. The van der Waals surface area contributed by atoms with Gasteiger partial charge in [-0.2, -0.15) is 5.26 Å². The first kappa shape index (κ1) is 15.1. The Balaban J connectivity index is 1.71. The number of para-hydroxylation sites is 1. The van der Waals surface area contributed by atoms with Gasteiger partial charge in [0.25, 0.3) is 0 Å². The molecule has 0 spiro atoms. The lowest BCUT2D eigenvalue weighted by Crippen LogP contribution is -1.90. The van der Waals surface area contributed by atoms with Crippen LogP contribution >= 0.6 is 11.8 Å². The number of pyridine rings is 1. The molecule has 1 heterocycles. The van der Waals surface area contributed by atoms with E-state index in [1.165, 1.54) is 0 Å². The molecule has 2 aromatic carbocycles. The maximum absolute atomic E-state index is 8.83. The molecule has 112 valence electrons. The molecule has 0 amide bonds. The van der Waals surface area contributed by atoms with Gasteiger partial charge < -0.3 is 4.74 Å². The fourth-order valence-electron chi connectivity index (χ4n) is 2.04. The highest BCUT2D eigenvalue weighted by molar-refractivity contribution is 7.98. The van der Waals surface area contributed by atoms with Crippen LogP contribution in [-0.2, 0) is 5.75 Å². The maximum atomic E-state index is 8.83. The number of nitriles is 1. The summed E-state index contributed by atoms with van der Waals surface area (Å²) in [5, 5.41) is 8.83. The number of rotatable bonds is 5. The standard InChI is InChI=1S/C19H14N2OS/c20-12-15-7-9-18(10-8-15)23-14-16-4-1-2-6-19(16)22-17-5-3-11-21-13-17/h1-11,13H,14H2. The molecule has 3 rings (SSSR count). The summed E-state index contributed by atoms with van der Waals surface area (Å²) in [6.45, 7) is 0. The predicted molar refractivity (Wildman–Crippen MR) is 91.5 cm³/mol. The second-order valence-electron chi connectivity index (χ2n) is 4.82. The summed E-state index contributed by atoms with van der Waals surface area (Å²) < 4.78 is 5.92. The molecule has 0 aliphatic heterocycles. The summed E-state index contributed by atoms with van der Waals surface area (Å²) in [5.74, 6) is 2.35. The second-order valence-corrected chi connectivity index (χ2v) is 5.87. The van der Waals surface area contributed by atoms with Gasteiger partial charge in [-0.1, -0.05) is 18.2 Å². The van der Waals surface area contributed by atoms with Gasteiger partial charge in [0.15, 0.2) is 0 Å². The lowest BCUT2D eigenvalue weighted by molar-refractivity contribution is 0.476. The normalized spacial score (nSPS) is 10.0. The molecule has 0 aliphatic rings. The van der Waals surface area contributed by atoms with Crippen molar-refractivity contribution < 1.29 is 4.74 Å². The van der Waals surface area contributed by atoms with Crippen molar-refractivity contribution in [1.82, 2.24) is 4.98 Å². The van der Waals surface area contributed by atoms with Crippen LogP contribution in [0.4, 0.5) is 0 Å². The number of thioether (sulfide) groups is 1. The van der Waals surface area contributed by atoms with E-state index in [9.17, 15) is 0 Å². The molecule has 0 radical (unpaired) electrons. The van der Waals surface area contributed by atoms with E-state index in [-0.39, 0.29) is 0 Å². The minimum Gasteiger partial charge on any atom is -0.455 e. The van der Waals surface area contributed by atoms with Crippen molar-refractivity contribution in [3.8, 4) is 17.6 Å². The maximum Gasteiger partial charge on any atom is 0.145 e. The highest BCUT2D eigenvalue weighted by Gasteiger charge is 2.05. The summed E-state index contributed by atoms with van der Waals surface area (Å²) in [4.78, 5) is 5.19. The predicted octanol–water partition coefficient (Wildman–Crippen LogP) is 5.04. The molecule has 3 nitrogen and oxygen atoms in total. The van der Waals surface area contributed by atoms with Crippen molar-refractivity contribution in [1.29, 1.82) is 5.26 Å². The Morgan fingerprint density at radius 2 is 1.83 bits per heavy atom. The van der Waals surface area contributed by atoms with Crippen LogP contribution in [-0.4, -0.2) is 4.98 Å². The third kappa shape index (κ3) is 4.12.